The van der Waals surface area contributed by atoms with Gasteiger partial charge in [0.25, 0.3) is 0 Å². The summed E-state index contributed by atoms with van der Waals surface area (Å²) in [6, 6.07) is 6.22. The number of thioether (sulfide) groups is 1. The van der Waals surface area contributed by atoms with E-state index in [2.05, 4.69) is 48.4 Å². The van der Waals surface area contributed by atoms with Gasteiger partial charge in [-0.1, -0.05) is 42.2 Å². The summed E-state index contributed by atoms with van der Waals surface area (Å²) in [5.41, 5.74) is 3.64. The SMILES string of the molecule is CCSc1nnc(Nc2cccc(C)c2C)s1. The highest BCUT2D eigenvalue weighted by atomic mass is 32.2. The lowest BCUT2D eigenvalue weighted by Gasteiger charge is -2.08. The molecule has 0 saturated heterocycles. The van der Waals surface area contributed by atoms with Gasteiger partial charge in [-0.25, -0.2) is 0 Å². The second-order valence-electron chi connectivity index (χ2n) is 3.68. The van der Waals surface area contributed by atoms with Crippen LogP contribution in [0.3, 0.4) is 0 Å². The summed E-state index contributed by atoms with van der Waals surface area (Å²) in [7, 11) is 0. The van der Waals surface area contributed by atoms with Crippen LogP contribution in [0.5, 0.6) is 0 Å². The minimum atomic E-state index is 0.856. The van der Waals surface area contributed by atoms with E-state index in [-0.39, 0.29) is 0 Å². The molecule has 0 aliphatic rings. The molecule has 0 saturated carbocycles. The average Bonchev–Trinajstić information content (AvgIpc) is 2.73. The van der Waals surface area contributed by atoms with Crippen LogP contribution in [0.25, 0.3) is 0 Å². The fraction of sp³-hybridized carbons (Fsp3) is 0.333. The Labute approximate surface area is 110 Å². The third kappa shape index (κ3) is 2.98. The van der Waals surface area contributed by atoms with Crippen molar-refractivity contribution in [2.24, 2.45) is 0 Å². The lowest BCUT2D eigenvalue weighted by Crippen LogP contribution is -1.94. The smallest absolute Gasteiger partial charge is 0.210 e. The standard InChI is InChI=1S/C12H15N3S2/c1-4-16-12-15-14-11(17-12)13-10-7-5-6-8(2)9(10)3/h5-7H,4H2,1-3H3,(H,13,14). The lowest BCUT2D eigenvalue weighted by molar-refractivity contribution is 1.01. The number of hydrogen-bond donors (Lipinski definition) is 1. The van der Waals surface area contributed by atoms with Crippen LogP contribution >= 0.6 is 23.1 Å². The number of aryl methyl sites for hydroxylation is 1. The molecule has 0 atom stereocenters. The molecule has 3 nitrogen and oxygen atoms in total. The van der Waals surface area contributed by atoms with E-state index in [4.69, 9.17) is 0 Å². The molecule has 0 radical (unpaired) electrons. The Morgan fingerprint density at radius 2 is 2.12 bits per heavy atom. The highest BCUT2D eigenvalue weighted by Gasteiger charge is 2.06. The fourth-order valence-corrected chi connectivity index (χ4v) is 3.11. The normalized spacial score (nSPS) is 10.5. The van der Waals surface area contributed by atoms with Crippen molar-refractivity contribution in [3.63, 3.8) is 0 Å². The Balaban J connectivity index is 2.16. The zero-order valence-corrected chi connectivity index (χ0v) is 11.8. The Morgan fingerprint density at radius 3 is 2.88 bits per heavy atom. The van der Waals surface area contributed by atoms with Crippen molar-refractivity contribution in [2.45, 2.75) is 25.1 Å². The topological polar surface area (TPSA) is 37.8 Å². The van der Waals surface area contributed by atoms with Crippen LogP contribution in [-0.4, -0.2) is 16.0 Å². The van der Waals surface area contributed by atoms with Gasteiger partial charge in [-0.15, -0.1) is 10.2 Å². The summed E-state index contributed by atoms with van der Waals surface area (Å²) in [4.78, 5) is 0. The number of aromatic nitrogens is 2. The highest BCUT2D eigenvalue weighted by molar-refractivity contribution is 8.01. The van der Waals surface area contributed by atoms with E-state index in [0.717, 1.165) is 20.9 Å². The van der Waals surface area contributed by atoms with Gasteiger partial charge in [-0.05, 0) is 36.8 Å². The third-order valence-electron chi connectivity index (χ3n) is 2.52. The molecule has 0 aliphatic carbocycles. The number of nitrogens with zero attached hydrogens (tertiary/aromatic N) is 2. The van der Waals surface area contributed by atoms with Gasteiger partial charge in [0.1, 0.15) is 0 Å². The molecule has 0 spiro atoms. The van der Waals surface area contributed by atoms with E-state index < -0.39 is 0 Å². The molecular weight excluding hydrogens is 250 g/mol. The zero-order chi connectivity index (χ0) is 12.3. The summed E-state index contributed by atoms with van der Waals surface area (Å²) in [5, 5.41) is 12.4. The predicted molar refractivity (Wildman–Crippen MR) is 75.5 cm³/mol. The van der Waals surface area contributed by atoms with Crippen molar-refractivity contribution in [1.82, 2.24) is 10.2 Å². The Kier molecular flexibility index (Phi) is 4.02. The van der Waals surface area contributed by atoms with Gasteiger partial charge in [-0.2, -0.15) is 0 Å². The van der Waals surface area contributed by atoms with Crippen LogP contribution in [0.2, 0.25) is 0 Å². The molecule has 17 heavy (non-hydrogen) atoms. The lowest BCUT2D eigenvalue weighted by atomic mass is 10.1. The van der Waals surface area contributed by atoms with Crippen molar-refractivity contribution in [1.29, 1.82) is 0 Å². The second-order valence-corrected chi connectivity index (χ2v) is 6.17. The summed E-state index contributed by atoms with van der Waals surface area (Å²) < 4.78 is 1.01. The average molecular weight is 265 g/mol. The highest BCUT2D eigenvalue weighted by Crippen LogP contribution is 2.29. The minimum Gasteiger partial charge on any atom is -0.330 e. The molecule has 90 valence electrons. The Morgan fingerprint density at radius 1 is 1.29 bits per heavy atom. The van der Waals surface area contributed by atoms with Crippen LogP contribution in [0, 0.1) is 13.8 Å². The molecule has 0 bridgehead atoms. The molecule has 1 aromatic heterocycles. The van der Waals surface area contributed by atoms with Gasteiger partial charge >= 0.3 is 0 Å². The van der Waals surface area contributed by atoms with Crippen molar-refractivity contribution >= 4 is 33.9 Å². The summed E-state index contributed by atoms with van der Waals surface area (Å²) >= 11 is 3.32. The molecule has 1 heterocycles. The number of hydrogen-bond acceptors (Lipinski definition) is 5. The summed E-state index contributed by atoms with van der Waals surface area (Å²) in [6.45, 7) is 6.34. The van der Waals surface area contributed by atoms with E-state index in [1.54, 1.807) is 23.1 Å². The van der Waals surface area contributed by atoms with Gasteiger partial charge in [-0.3, -0.25) is 0 Å². The fourth-order valence-electron chi connectivity index (χ4n) is 1.44. The summed E-state index contributed by atoms with van der Waals surface area (Å²) in [6.07, 6.45) is 0. The largest absolute Gasteiger partial charge is 0.330 e. The maximum absolute atomic E-state index is 4.14. The Hall–Kier alpha value is -1.07. The maximum atomic E-state index is 4.14. The molecule has 2 rings (SSSR count). The molecule has 0 unspecified atom stereocenters. The van der Waals surface area contributed by atoms with Crippen molar-refractivity contribution in [3.05, 3.63) is 29.3 Å². The van der Waals surface area contributed by atoms with Gasteiger partial charge in [0.15, 0.2) is 4.34 Å². The zero-order valence-electron chi connectivity index (χ0n) is 10.2. The number of anilines is 2. The van der Waals surface area contributed by atoms with Gasteiger partial charge < -0.3 is 5.32 Å². The molecular formula is C12H15N3S2. The van der Waals surface area contributed by atoms with Gasteiger partial charge in [0.2, 0.25) is 5.13 Å². The predicted octanol–water partition coefficient (Wildman–Crippen LogP) is 4.01. The van der Waals surface area contributed by atoms with Gasteiger partial charge in [0.05, 0.1) is 0 Å². The van der Waals surface area contributed by atoms with Crippen LogP contribution in [0.1, 0.15) is 18.1 Å². The summed E-state index contributed by atoms with van der Waals surface area (Å²) in [5.74, 6) is 1.03. The van der Waals surface area contributed by atoms with Crippen molar-refractivity contribution < 1.29 is 0 Å². The maximum Gasteiger partial charge on any atom is 0.210 e. The van der Waals surface area contributed by atoms with E-state index in [0.29, 0.717) is 0 Å². The first-order valence-electron chi connectivity index (χ1n) is 5.50. The van der Waals surface area contributed by atoms with Crippen molar-refractivity contribution in [2.75, 3.05) is 11.1 Å². The van der Waals surface area contributed by atoms with Crippen LogP contribution < -0.4 is 5.32 Å². The number of rotatable bonds is 4. The number of nitrogens with one attached hydrogen (secondary N) is 1. The van der Waals surface area contributed by atoms with Crippen LogP contribution in [-0.2, 0) is 0 Å². The van der Waals surface area contributed by atoms with Crippen molar-refractivity contribution in [3.8, 4) is 0 Å². The second kappa shape index (κ2) is 5.51. The molecule has 1 N–H and O–H groups in total. The van der Waals surface area contributed by atoms with Crippen LogP contribution in [0.15, 0.2) is 22.5 Å². The first kappa shape index (κ1) is 12.4. The molecule has 2 aromatic rings. The molecule has 0 amide bonds. The molecule has 1 aromatic carbocycles. The van der Waals surface area contributed by atoms with E-state index >= 15 is 0 Å². The molecule has 0 fully saturated rings. The molecule has 0 aliphatic heterocycles. The van der Waals surface area contributed by atoms with E-state index in [9.17, 15) is 0 Å². The third-order valence-corrected chi connectivity index (χ3v) is 4.37. The first-order chi connectivity index (χ1) is 8.20. The van der Waals surface area contributed by atoms with E-state index in [1.807, 2.05) is 6.07 Å². The quantitative estimate of drug-likeness (QED) is 0.848. The first-order valence-corrected chi connectivity index (χ1v) is 7.30. The van der Waals surface area contributed by atoms with Crippen LogP contribution in [0.4, 0.5) is 10.8 Å². The van der Waals surface area contributed by atoms with Gasteiger partial charge in [0, 0.05) is 5.69 Å². The van der Waals surface area contributed by atoms with E-state index in [1.165, 1.54) is 11.1 Å². The monoisotopic (exact) mass is 265 g/mol. The molecule has 5 heteroatoms. The Bertz CT molecular complexity index is 508. The minimum absolute atomic E-state index is 0.856. The number of benzene rings is 1.